The van der Waals surface area contributed by atoms with Gasteiger partial charge in [0.05, 0.1) is 35.9 Å². The van der Waals surface area contributed by atoms with Gasteiger partial charge in [0.2, 0.25) is 5.88 Å². The maximum Gasteiger partial charge on any atom is 0.270 e. The Morgan fingerprint density at radius 3 is 2.36 bits per heavy atom. The quantitative estimate of drug-likeness (QED) is 0.270. The van der Waals surface area contributed by atoms with Crippen LogP contribution in [0.5, 0.6) is 11.6 Å². The van der Waals surface area contributed by atoms with Crippen LogP contribution in [0.4, 0.5) is 11.4 Å². The number of fused-ring (bicyclic) bond motifs is 1. The van der Waals surface area contributed by atoms with Crippen LogP contribution >= 0.6 is 0 Å². The van der Waals surface area contributed by atoms with Crippen molar-refractivity contribution in [3.63, 3.8) is 0 Å². The molecule has 3 heterocycles. The first kappa shape index (κ1) is 32.0. The van der Waals surface area contributed by atoms with Crippen molar-refractivity contribution in [1.29, 1.82) is 5.26 Å². The lowest BCUT2D eigenvalue weighted by Crippen LogP contribution is -2.52. The molecule has 0 aliphatic carbocycles. The molecule has 1 amide bonds. The van der Waals surface area contributed by atoms with Gasteiger partial charge in [0.1, 0.15) is 5.75 Å². The lowest BCUT2D eigenvalue weighted by Gasteiger charge is -2.34. The van der Waals surface area contributed by atoms with Crippen LogP contribution in [0, 0.1) is 11.3 Å². The van der Waals surface area contributed by atoms with E-state index in [0.717, 1.165) is 41.7 Å². The molecule has 1 atom stereocenters. The van der Waals surface area contributed by atoms with E-state index >= 15 is 0 Å². The van der Waals surface area contributed by atoms with Gasteiger partial charge in [-0.2, -0.15) is 5.26 Å². The van der Waals surface area contributed by atoms with Gasteiger partial charge in [-0.05, 0) is 86.3 Å². The topological polar surface area (TPSA) is 128 Å². The summed E-state index contributed by atoms with van der Waals surface area (Å²) in [6.07, 6.45) is 1.55. The number of sulfonamides is 1. The number of ether oxygens (including phenoxy) is 2. The first-order valence-electron chi connectivity index (χ1n) is 15.4. The van der Waals surface area contributed by atoms with Gasteiger partial charge < -0.3 is 19.3 Å². The van der Waals surface area contributed by atoms with E-state index in [4.69, 9.17) is 9.47 Å². The van der Waals surface area contributed by atoms with Gasteiger partial charge in [-0.25, -0.2) is 17.7 Å². The summed E-state index contributed by atoms with van der Waals surface area (Å²) in [7, 11) is -0.816. The Labute approximate surface area is 275 Å². The Morgan fingerprint density at radius 1 is 0.979 bits per heavy atom. The van der Waals surface area contributed by atoms with E-state index in [1.807, 2.05) is 12.1 Å². The van der Waals surface area contributed by atoms with E-state index in [-0.39, 0.29) is 35.2 Å². The fraction of sp³-hybridized carbons (Fsp3) is 0.286. The molecule has 4 aromatic rings. The van der Waals surface area contributed by atoms with Gasteiger partial charge in [-0.1, -0.05) is 12.1 Å². The maximum atomic E-state index is 15.0. The van der Waals surface area contributed by atoms with Crippen LogP contribution in [0.15, 0.2) is 90.0 Å². The van der Waals surface area contributed by atoms with Gasteiger partial charge in [-0.15, -0.1) is 0 Å². The van der Waals surface area contributed by atoms with E-state index in [1.165, 1.54) is 43.5 Å². The first-order valence-corrected chi connectivity index (χ1v) is 16.8. The largest absolute Gasteiger partial charge is 0.497 e. The summed E-state index contributed by atoms with van der Waals surface area (Å²) in [5, 5.41) is 13.3. The summed E-state index contributed by atoms with van der Waals surface area (Å²) < 4.78 is 40.5. The number of hydrogen-bond acceptors (Lipinski definition) is 10. The molecule has 1 fully saturated rings. The Bertz CT molecular complexity index is 1920. The highest BCUT2D eigenvalue weighted by Crippen LogP contribution is 2.49. The summed E-state index contributed by atoms with van der Waals surface area (Å²) in [6, 6.07) is 24.0. The number of rotatable bonds is 10. The predicted octanol–water partition coefficient (Wildman–Crippen LogP) is 3.88. The number of likely N-dealkylation sites (N-methyl/N-ethyl adjacent to an activating group) is 1. The Morgan fingerprint density at radius 2 is 1.70 bits per heavy atom. The van der Waals surface area contributed by atoms with Gasteiger partial charge >= 0.3 is 0 Å². The molecule has 0 saturated carbocycles. The summed E-state index contributed by atoms with van der Waals surface area (Å²) in [5.41, 5.74) is 1.27. The molecule has 6 rings (SSSR count). The lowest BCUT2D eigenvalue weighted by molar-refractivity contribution is -0.121. The predicted molar refractivity (Wildman–Crippen MR) is 178 cm³/mol. The van der Waals surface area contributed by atoms with Gasteiger partial charge in [0.15, 0.2) is 5.54 Å². The van der Waals surface area contributed by atoms with Crippen LogP contribution < -0.4 is 24.0 Å². The van der Waals surface area contributed by atoms with Crippen LogP contribution in [-0.2, 0) is 26.9 Å². The van der Waals surface area contributed by atoms with Crippen molar-refractivity contribution in [2.45, 2.75) is 23.9 Å². The molecule has 242 valence electrons. The van der Waals surface area contributed by atoms with Crippen LogP contribution in [0.25, 0.3) is 0 Å². The number of carbonyl (C=O) groups is 1. The summed E-state index contributed by atoms with van der Waals surface area (Å²) in [6.45, 7) is 6.11. The Kier molecular flexibility index (Phi) is 8.88. The number of pyridine rings is 1. The molecule has 1 unspecified atom stereocenters. The molecule has 0 bridgehead atoms. The molecule has 0 radical (unpaired) electrons. The molecule has 1 N–H and O–H groups in total. The van der Waals surface area contributed by atoms with Crippen molar-refractivity contribution in [2.24, 2.45) is 0 Å². The summed E-state index contributed by atoms with van der Waals surface area (Å²) in [4.78, 5) is 24.0. The van der Waals surface area contributed by atoms with Crippen LogP contribution in [0.2, 0.25) is 0 Å². The monoisotopic (exact) mass is 652 g/mol. The molecular weight excluding hydrogens is 616 g/mol. The number of piperazine rings is 1. The minimum absolute atomic E-state index is 0.0894. The highest BCUT2D eigenvalue weighted by Gasteiger charge is 2.57. The number of benzene rings is 3. The molecule has 2 aliphatic heterocycles. The third kappa shape index (κ3) is 5.78. The molecule has 1 saturated heterocycles. The fourth-order valence-corrected chi connectivity index (χ4v) is 7.59. The smallest absolute Gasteiger partial charge is 0.270 e. The number of anilines is 2. The highest BCUT2D eigenvalue weighted by molar-refractivity contribution is 7.93. The molecule has 3 aromatic carbocycles. The number of amides is 1. The molecule has 47 heavy (non-hydrogen) atoms. The average Bonchev–Trinajstić information content (AvgIpc) is 3.36. The van der Waals surface area contributed by atoms with Crippen molar-refractivity contribution in [2.75, 3.05) is 56.1 Å². The molecule has 2 aliphatic rings. The van der Waals surface area contributed by atoms with Crippen molar-refractivity contribution in [3.05, 3.63) is 107 Å². The molecular formula is C35H36N6O5S. The SMILES string of the molecule is CCOc1ncccc1C1(NCc2ccc(N3CCN(C)CC3)cc2)C(=O)N(S(=O)(=O)c2ccc(OC)cc2)c2ccc(C#N)cc21. The minimum Gasteiger partial charge on any atom is -0.497 e. The number of carbonyl (C=O) groups excluding carboxylic acids is 1. The van der Waals surface area contributed by atoms with E-state index in [2.05, 4.69) is 45.4 Å². The second kappa shape index (κ2) is 13.0. The van der Waals surface area contributed by atoms with E-state index in [1.54, 1.807) is 31.3 Å². The Hall–Kier alpha value is -4.96. The van der Waals surface area contributed by atoms with Crippen molar-refractivity contribution >= 4 is 27.3 Å². The molecule has 1 aromatic heterocycles. The van der Waals surface area contributed by atoms with Crippen LogP contribution in [0.1, 0.15) is 29.2 Å². The van der Waals surface area contributed by atoms with Crippen molar-refractivity contribution in [1.82, 2.24) is 15.2 Å². The van der Waals surface area contributed by atoms with Gasteiger partial charge in [0.25, 0.3) is 15.9 Å². The van der Waals surface area contributed by atoms with E-state index in [0.29, 0.717) is 16.9 Å². The third-order valence-electron chi connectivity index (χ3n) is 8.67. The van der Waals surface area contributed by atoms with Crippen LogP contribution in [-0.4, -0.2) is 71.2 Å². The average molecular weight is 653 g/mol. The summed E-state index contributed by atoms with van der Waals surface area (Å²) in [5.74, 6) is -0.109. The molecule has 0 spiro atoms. The van der Waals surface area contributed by atoms with E-state index < -0.39 is 21.5 Å². The van der Waals surface area contributed by atoms with Crippen molar-refractivity contribution in [3.8, 4) is 17.7 Å². The minimum atomic E-state index is -4.42. The molecule has 11 nitrogen and oxygen atoms in total. The second-order valence-corrected chi connectivity index (χ2v) is 13.2. The number of aromatic nitrogens is 1. The third-order valence-corrected chi connectivity index (χ3v) is 10.4. The highest BCUT2D eigenvalue weighted by atomic mass is 32.2. The zero-order valence-corrected chi connectivity index (χ0v) is 27.3. The normalized spacial score (nSPS) is 18.1. The number of hydrogen-bond donors (Lipinski definition) is 1. The van der Waals surface area contributed by atoms with Crippen LogP contribution in [0.3, 0.4) is 0 Å². The van der Waals surface area contributed by atoms with Gasteiger partial charge in [0, 0.05) is 55.7 Å². The number of methoxy groups -OCH3 is 1. The lowest BCUT2D eigenvalue weighted by atomic mass is 9.83. The fourth-order valence-electron chi connectivity index (χ4n) is 6.13. The van der Waals surface area contributed by atoms with Gasteiger partial charge in [-0.3, -0.25) is 10.1 Å². The zero-order chi connectivity index (χ0) is 33.2. The second-order valence-electron chi connectivity index (χ2n) is 11.4. The number of nitriles is 1. The Balaban J connectivity index is 1.47. The standard InChI is InChI=1S/C35H36N6O5S/c1-4-46-33-30(6-5-17-37-33)35(38-24-25-7-10-27(11-8-25)40-20-18-39(2)19-21-40)31-22-26(23-36)9-16-32(31)41(34(35)42)47(43,44)29-14-12-28(45-3)13-15-29/h5-17,22,38H,4,18-21,24H2,1-3H3. The zero-order valence-electron chi connectivity index (χ0n) is 26.5. The summed E-state index contributed by atoms with van der Waals surface area (Å²) >= 11 is 0. The molecule has 12 heteroatoms. The maximum absolute atomic E-state index is 15.0. The van der Waals surface area contributed by atoms with E-state index in [9.17, 15) is 18.5 Å². The number of nitrogens with one attached hydrogen (secondary N) is 1. The van der Waals surface area contributed by atoms with Crippen molar-refractivity contribution < 1.29 is 22.7 Å². The number of nitrogens with zero attached hydrogens (tertiary/aromatic N) is 5. The first-order chi connectivity index (χ1) is 22.7.